The van der Waals surface area contributed by atoms with Gasteiger partial charge in [0.2, 0.25) is 5.91 Å². The Hall–Kier alpha value is -3.38. The molecule has 0 radical (unpaired) electrons. The molecule has 0 bridgehead atoms. The largest absolute Gasteiger partial charge is 0.487 e. The van der Waals surface area contributed by atoms with E-state index in [4.69, 9.17) is 21.3 Å². The first-order chi connectivity index (χ1) is 17.3. The number of benzene rings is 1. The highest BCUT2D eigenvalue weighted by Crippen LogP contribution is 2.34. The molecule has 2 aromatic heterocycles. The number of ether oxygens (including phenoxy) is 1. The van der Waals surface area contributed by atoms with Crippen molar-refractivity contribution in [3.8, 4) is 5.75 Å². The van der Waals surface area contributed by atoms with Gasteiger partial charge < -0.3 is 14.5 Å². The molecule has 0 aliphatic heterocycles. The van der Waals surface area contributed by atoms with Gasteiger partial charge in [-0.3, -0.25) is 9.78 Å². The molecule has 7 heteroatoms. The standard InChI is InChI=1S/C29H35ClN4O2/c1-7-14-34(10-4)26-15-20(5)32-28-23(26)12-11-13-27(28)36-19-24-22(16-31-17-25(24)30)18-33(6)29(35)21(8-2)9-3/h7,10-17,21H,4,8-9,18-19H2,1-3,5-6H3/b14-7-. The summed E-state index contributed by atoms with van der Waals surface area (Å²) in [5.41, 5.74) is 4.27. The van der Waals surface area contributed by atoms with Crippen LogP contribution in [0, 0.1) is 12.8 Å². The third kappa shape index (κ3) is 6.05. The van der Waals surface area contributed by atoms with Crippen molar-refractivity contribution in [1.82, 2.24) is 14.9 Å². The second-order valence-corrected chi connectivity index (χ2v) is 9.17. The van der Waals surface area contributed by atoms with Crippen molar-refractivity contribution >= 4 is 34.1 Å². The lowest BCUT2D eigenvalue weighted by molar-refractivity contribution is -0.135. The van der Waals surface area contributed by atoms with Crippen LogP contribution in [0.15, 0.2) is 61.7 Å². The summed E-state index contributed by atoms with van der Waals surface area (Å²) >= 11 is 6.55. The molecular formula is C29H35ClN4O2. The van der Waals surface area contributed by atoms with Crippen LogP contribution in [-0.2, 0) is 17.9 Å². The second kappa shape index (κ2) is 12.5. The number of para-hydroxylation sites is 1. The number of nitrogens with zero attached hydrogens (tertiary/aromatic N) is 4. The van der Waals surface area contributed by atoms with Crippen LogP contribution in [0.4, 0.5) is 5.69 Å². The minimum atomic E-state index is 0.0127. The number of hydrogen-bond donors (Lipinski definition) is 0. The quantitative estimate of drug-likeness (QED) is 0.279. The molecule has 0 saturated carbocycles. The lowest BCUT2D eigenvalue weighted by Gasteiger charge is -2.24. The van der Waals surface area contributed by atoms with Crippen LogP contribution in [-0.4, -0.2) is 27.8 Å². The number of pyridine rings is 2. The van der Waals surface area contributed by atoms with Gasteiger partial charge in [-0.1, -0.05) is 50.2 Å². The Morgan fingerprint density at radius 3 is 2.67 bits per heavy atom. The Morgan fingerprint density at radius 1 is 1.25 bits per heavy atom. The molecule has 36 heavy (non-hydrogen) atoms. The topological polar surface area (TPSA) is 58.6 Å². The van der Waals surface area contributed by atoms with Crippen LogP contribution < -0.4 is 9.64 Å². The van der Waals surface area contributed by atoms with E-state index in [0.717, 1.165) is 46.3 Å². The van der Waals surface area contributed by atoms with Crippen LogP contribution in [0.2, 0.25) is 5.02 Å². The Morgan fingerprint density at radius 2 is 2.00 bits per heavy atom. The number of amides is 1. The van der Waals surface area contributed by atoms with Gasteiger partial charge >= 0.3 is 0 Å². The first-order valence-corrected chi connectivity index (χ1v) is 12.6. The number of carbonyl (C=O) groups is 1. The number of carbonyl (C=O) groups excluding carboxylic acids is 1. The first-order valence-electron chi connectivity index (χ1n) is 12.3. The normalized spacial score (nSPS) is 11.3. The maximum absolute atomic E-state index is 12.8. The van der Waals surface area contributed by atoms with Crippen molar-refractivity contribution in [3.05, 3.63) is 83.6 Å². The first kappa shape index (κ1) is 27.2. The minimum Gasteiger partial charge on any atom is -0.487 e. The number of fused-ring (bicyclic) bond motifs is 1. The summed E-state index contributed by atoms with van der Waals surface area (Å²) in [6.07, 6.45) is 10.7. The van der Waals surface area contributed by atoms with E-state index in [-0.39, 0.29) is 18.4 Å². The predicted molar refractivity (Wildman–Crippen MR) is 148 cm³/mol. The molecule has 0 spiro atoms. The van der Waals surface area contributed by atoms with Crippen LogP contribution in [0.3, 0.4) is 0 Å². The van der Waals surface area contributed by atoms with E-state index in [2.05, 4.69) is 11.6 Å². The molecule has 1 aromatic carbocycles. The van der Waals surface area contributed by atoms with Crippen molar-refractivity contribution in [3.63, 3.8) is 0 Å². The number of halogens is 1. The van der Waals surface area contributed by atoms with Crippen LogP contribution in [0.5, 0.6) is 5.75 Å². The van der Waals surface area contributed by atoms with E-state index >= 15 is 0 Å². The van der Waals surface area contributed by atoms with E-state index in [1.54, 1.807) is 23.5 Å². The SMILES string of the molecule is C=CN(/C=C\C)c1cc(C)nc2c(OCc3c(Cl)cncc3CN(C)C(=O)C(CC)CC)cccc12. The summed E-state index contributed by atoms with van der Waals surface area (Å²) in [6, 6.07) is 7.90. The van der Waals surface area contributed by atoms with Crippen LogP contribution >= 0.6 is 11.6 Å². The van der Waals surface area contributed by atoms with Crippen molar-refractivity contribution in [2.75, 3.05) is 11.9 Å². The lowest BCUT2D eigenvalue weighted by atomic mass is 10.0. The monoisotopic (exact) mass is 506 g/mol. The Bertz CT molecular complexity index is 1250. The highest BCUT2D eigenvalue weighted by atomic mass is 35.5. The molecule has 1 amide bonds. The van der Waals surface area contributed by atoms with Crippen molar-refractivity contribution in [2.45, 2.75) is 53.7 Å². The van der Waals surface area contributed by atoms with Crippen molar-refractivity contribution < 1.29 is 9.53 Å². The van der Waals surface area contributed by atoms with Gasteiger partial charge in [0, 0.05) is 60.9 Å². The van der Waals surface area contributed by atoms with Crippen LogP contribution in [0.1, 0.15) is 50.4 Å². The Kier molecular flexibility index (Phi) is 9.48. The second-order valence-electron chi connectivity index (χ2n) is 8.76. The summed E-state index contributed by atoms with van der Waals surface area (Å²) in [7, 11) is 1.82. The highest BCUT2D eigenvalue weighted by molar-refractivity contribution is 6.31. The molecule has 3 aromatic rings. The molecule has 190 valence electrons. The molecule has 2 heterocycles. The van der Waals surface area contributed by atoms with E-state index < -0.39 is 0 Å². The summed E-state index contributed by atoms with van der Waals surface area (Å²) in [5.74, 6) is 0.793. The van der Waals surface area contributed by atoms with E-state index in [1.807, 2.05) is 76.2 Å². The summed E-state index contributed by atoms with van der Waals surface area (Å²) in [5, 5.41) is 1.46. The fraction of sp³-hybridized carbons (Fsp3) is 0.345. The lowest BCUT2D eigenvalue weighted by Crippen LogP contribution is -2.32. The molecule has 0 unspecified atom stereocenters. The summed E-state index contributed by atoms with van der Waals surface area (Å²) < 4.78 is 6.30. The molecule has 0 atom stereocenters. The van der Waals surface area contributed by atoms with E-state index in [1.165, 1.54) is 0 Å². The average molecular weight is 507 g/mol. The molecule has 0 aliphatic rings. The number of anilines is 1. The van der Waals surface area contributed by atoms with Gasteiger partial charge in [0.1, 0.15) is 17.9 Å². The van der Waals surface area contributed by atoms with Gasteiger partial charge in [0.25, 0.3) is 0 Å². The molecule has 0 aliphatic carbocycles. The number of aromatic nitrogens is 2. The van der Waals surface area contributed by atoms with Crippen molar-refractivity contribution in [1.29, 1.82) is 0 Å². The molecule has 0 saturated heterocycles. The maximum atomic E-state index is 12.8. The van der Waals surface area contributed by atoms with Gasteiger partial charge in [-0.2, -0.15) is 0 Å². The fourth-order valence-corrected chi connectivity index (χ4v) is 4.52. The maximum Gasteiger partial charge on any atom is 0.225 e. The van der Waals surface area contributed by atoms with Crippen LogP contribution in [0.25, 0.3) is 10.9 Å². The zero-order valence-electron chi connectivity index (χ0n) is 21.8. The Labute approximate surface area is 219 Å². The molecular weight excluding hydrogens is 472 g/mol. The number of allylic oxidation sites excluding steroid dienone is 1. The van der Waals surface area contributed by atoms with E-state index in [0.29, 0.717) is 17.3 Å². The summed E-state index contributed by atoms with van der Waals surface area (Å²) in [4.78, 5) is 25.6. The zero-order valence-corrected chi connectivity index (χ0v) is 22.5. The highest BCUT2D eigenvalue weighted by Gasteiger charge is 2.21. The molecule has 0 N–H and O–H groups in total. The van der Waals surface area contributed by atoms with Gasteiger partial charge in [0.05, 0.1) is 10.7 Å². The molecule has 6 nitrogen and oxygen atoms in total. The fourth-order valence-electron chi connectivity index (χ4n) is 4.29. The van der Waals surface area contributed by atoms with Gasteiger partial charge in [0.15, 0.2) is 0 Å². The molecule has 3 rings (SSSR count). The molecule has 0 fully saturated rings. The van der Waals surface area contributed by atoms with Gasteiger partial charge in [-0.25, -0.2) is 4.98 Å². The zero-order chi connectivity index (χ0) is 26.2. The minimum absolute atomic E-state index is 0.0127. The number of aryl methyl sites for hydroxylation is 1. The third-order valence-electron chi connectivity index (χ3n) is 6.28. The number of rotatable bonds is 11. The van der Waals surface area contributed by atoms with Crippen molar-refractivity contribution in [2.24, 2.45) is 5.92 Å². The average Bonchev–Trinajstić information content (AvgIpc) is 2.87. The Balaban J connectivity index is 1.93. The van der Waals surface area contributed by atoms with E-state index in [9.17, 15) is 4.79 Å². The third-order valence-corrected chi connectivity index (χ3v) is 6.60. The predicted octanol–water partition coefficient (Wildman–Crippen LogP) is 7.05. The smallest absolute Gasteiger partial charge is 0.225 e. The van der Waals surface area contributed by atoms with Gasteiger partial charge in [-0.15, -0.1) is 0 Å². The summed E-state index contributed by atoms with van der Waals surface area (Å²) in [6.45, 7) is 12.6. The number of hydrogen-bond acceptors (Lipinski definition) is 5. The van der Waals surface area contributed by atoms with Gasteiger partial charge in [-0.05, 0) is 44.4 Å².